The predicted molar refractivity (Wildman–Crippen MR) is 79.2 cm³/mol. The Kier molecular flexibility index (Phi) is 4.29. The molecule has 106 valence electrons. The maximum absolute atomic E-state index is 5.97. The van der Waals surface area contributed by atoms with Crippen LogP contribution in [0.3, 0.4) is 0 Å². The van der Waals surface area contributed by atoms with Crippen molar-refractivity contribution < 1.29 is 4.74 Å². The van der Waals surface area contributed by atoms with Gasteiger partial charge in [0, 0.05) is 26.2 Å². The van der Waals surface area contributed by atoms with E-state index in [1.54, 1.807) is 0 Å². The van der Waals surface area contributed by atoms with E-state index in [1.165, 1.54) is 16.7 Å². The predicted octanol–water partition coefficient (Wildman–Crippen LogP) is 2.24. The summed E-state index contributed by atoms with van der Waals surface area (Å²) in [5, 5.41) is 0. The first-order chi connectivity index (χ1) is 8.88. The minimum Gasteiger partial charge on any atom is -0.368 e. The lowest BCUT2D eigenvalue weighted by molar-refractivity contribution is -0.133. The molecule has 1 heterocycles. The summed E-state index contributed by atoms with van der Waals surface area (Å²) in [7, 11) is 0. The molecule has 2 N–H and O–H groups in total. The second kappa shape index (κ2) is 5.61. The van der Waals surface area contributed by atoms with E-state index in [0.717, 1.165) is 19.6 Å². The Labute approximate surface area is 116 Å². The zero-order valence-corrected chi connectivity index (χ0v) is 12.6. The Morgan fingerprint density at radius 3 is 2.47 bits per heavy atom. The number of morpholine rings is 1. The zero-order valence-electron chi connectivity index (χ0n) is 12.6. The van der Waals surface area contributed by atoms with E-state index in [-0.39, 0.29) is 11.7 Å². The Bertz CT molecular complexity index is 422. The molecule has 19 heavy (non-hydrogen) atoms. The van der Waals surface area contributed by atoms with Crippen LogP contribution in [-0.4, -0.2) is 36.2 Å². The molecular weight excluding hydrogens is 236 g/mol. The third-order valence-electron chi connectivity index (χ3n) is 3.50. The molecule has 1 aromatic carbocycles. The van der Waals surface area contributed by atoms with E-state index in [9.17, 15) is 0 Å². The molecule has 0 aliphatic carbocycles. The summed E-state index contributed by atoms with van der Waals surface area (Å²) >= 11 is 0. The van der Waals surface area contributed by atoms with Crippen molar-refractivity contribution in [3.63, 3.8) is 0 Å². The maximum Gasteiger partial charge on any atom is 0.0831 e. The van der Waals surface area contributed by atoms with E-state index in [1.807, 2.05) is 0 Å². The third-order valence-corrected chi connectivity index (χ3v) is 3.50. The van der Waals surface area contributed by atoms with Crippen molar-refractivity contribution in [3.05, 3.63) is 34.9 Å². The summed E-state index contributed by atoms with van der Waals surface area (Å²) in [6.45, 7) is 12.0. The van der Waals surface area contributed by atoms with E-state index in [0.29, 0.717) is 6.54 Å². The minimum atomic E-state index is -0.110. The number of ether oxygens (including phenoxy) is 1. The molecule has 1 aliphatic heterocycles. The van der Waals surface area contributed by atoms with Crippen LogP contribution in [0.1, 0.15) is 30.5 Å². The topological polar surface area (TPSA) is 38.5 Å². The van der Waals surface area contributed by atoms with E-state index < -0.39 is 0 Å². The lowest BCUT2D eigenvalue weighted by Gasteiger charge is -2.42. The van der Waals surface area contributed by atoms with Crippen LogP contribution >= 0.6 is 0 Å². The van der Waals surface area contributed by atoms with Crippen LogP contribution < -0.4 is 5.73 Å². The SMILES string of the molecule is Cc1cc(C)cc(CN2CC(CN)OC(C)(C)C2)c1. The Balaban J connectivity index is 2.09. The van der Waals surface area contributed by atoms with Crippen LogP contribution in [-0.2, 0) is 11.3 Å². The molecule has 0 bridgehead atoms. The number of aryl methyl sites for hydroxylation is 2. The number of hydrogen-bond donors (Lipinski definition) is 1. The Morgan fingerprint density at radius 1 is 1.26 bits per heavy atom. The van der Waals surface area contributed by atoms with Crippen molar-refractivity contribution in [3.8, 4) is 0 Å². The number of rotatable bonds is 3. The van der Waals surface area contributed by atoms with Gasteiger partial charge >= 0.3 is 0 Å². The normalized spacial score (nSPS) is 23.5. The lowest BCUT2D eigenvalue weighted by atomic mass is 10.0. The van der Waals surface area contributed by atoms with E-state index in [2.05, 4.69) is 50.8 Å². The molecule has 1 atom stereocenters. The molecule has 1 fully saturated rings. The summed E-state index contributed by atoms with van der Waals surface area (Å²) in [6, 6.07) is 6.76. The highest BCUT2D eigenvalue weighted by molar-refractivity contribution is 5.28. The summed E-state index contributed by atoms with van der Waals surface area (Å²) in [6.07, 6.45) is 0.148. The van der Waals surface area contributed by atoms with Crippen LogP contribution in [0.15, 0.2) is 18.2 Å². The van der Waals surface area contributed by atoms with Crippen LogP contribution in [0.4, 0.5) is 0 Å². The second-order valence-corrected chi connectivity index (χ2v) is 6.40. The first kappa shape index (κ1) is 14.5. The monoisotopic (exact) mass is 262 g/mol. The summed E-state index contributed by atoms with van der Waals surface area (Å²) in [4.78, 5) is 2.45. The number of hydrogen-bond acceptors (Lipinski definition) is 3. The molecule has 2 rings (SSSR count). The molecule has 0 amide bonds. The Morgan fingerprint density at radius 2 is 1.89 bits per heavy atom. The summed E-state index contributed by atoms with van der Waals surface area (Å²) in [5.74, 6) is 0. The van der Waals surface area contributed by atoms with Gasteiger partial charge in [-0.3, -0.25) is 4.90 Å². The van der Waals surface area contributed by atoms with Crippen molar-refractivity contribution in [2.45, 2.75) is 45.9 Å². The number of benzene rings is 1. The zero-order chi connectivity index (χ0) is 14.0. The van der Waals surface area contributed by atoms with Gasteiger partial charge in [0.1, 0.15) is 0 Å². The lowest BCUT2D eigenvalue weighted by Crippen LogP contribution is -2.54. The van der Waals surface area contributed by atoms with Crippen LogP contribution in [0, 0.1) is 13.8 Å². The molecule has 3 heteroatoms. The van der Waals surface area contributed by atoms with Gasteiger partial charge in [-0.25, -0.2) is 0 Å². The van der Waals surface area contributed by atoms with Crippen molar-refractivity contribution in [2.24, 2.45) is 5.73 Å². The van der Waals surface area contributed by atoms with Crippen LogP contribution in [0.5, 0.6) is 0 Å². The molecule has 1 unspecified atom stereocenters. The molecule has 1 aliphatic rings. The molecule has 0 saturated carbocycles. The van der Waals surface area contributed by atoms with Crippen molar-refractivity contribution in [1.29, 1.82) is 0 Å². The fraction of sp³-hybridized carbons (Fsp3) is 0.625. The molecule has 0 radical (unpaired) electrons. The number of nitrogens with two attached hydrogens (primary N) is 1. The van der Waals surface area contributed by atoms with Crippen molar-refractivity contribution in [1.82, 2.24) is 4.90 Å². The standard InChI is InChI=1S/C16H26N2O/c1-12-5-13(2)7-14(6-12)9-18-10-15(8-17)19-16(3,4)11-18/h5-7,15H,8-11,17H2,1-4H3. The van der Waals surface area contributed by atoms with Crippen molar-refractivity contribution in [2.75, 3.05) is 19.6 Å². The van der Waals surface area contributed by atoms with Gasteiger partial charge in [0.25, 0.3) is 0 Å². The number of nitrogens with zero attached hydrogens (tertiary/aromatic N) is 1. The van der Waals surface area contributed by atoms with Gasteiger partial charge in [0.15, 0.2) is 0 Å². The average Bonchev–Trinajstić information content (AvgIpc) is 2.25. The van der Waals surface area contributed by atoms with Gasteiger partial charge in [0.2, 0.25) is 0 Å². The fourth-order valence-electron chi connectivity index (χ4n) is 3.08. The largest absolute Gasteiger partial charge is 0.368 e. The molecule has 0 spiro atoms. The Hall–Kier alpha value is -0.900. The van der Waals surface area contributed by atoms with E-state index in [4.69, 9.17) is 10.5 Å². The average molecular weight is 262 g/mol. The van der Waals surface area contributed by atoms with Crippen LogP contribution in [0.25, 0.3) is 0 Å². The van der Waals surface area contributed by atoms with Gasteiger partial charge in [-0.2, -0.15) is 0 Å². The third kappa shape index (κ3) is 4.03. The van der Waals surface area contributed by atoms with Gasteiger partial charge < -0.3 is 10.5 Å². The molecular formula is C16H26N2O. The smallest absolute Gasteiger partial charge is 0.0831 e. The quantitative estimate of drug-likeness (QED) is 0.908. The minimum absolute atomic E-state index is 0.110. The van der Waals surface area contributed by atoms with Gasteiger partial charge in [-0.15, -0.1) is 0 Å². The fourth-order valence-corrected chi connectivity index (χ4v) is 3.08. The van der Waals surface area contributed by atoms with Gasteiger partial charge in [-0.1, -0.05) is 29.3 Å². The first-order valence-electron chi connectivity index (χ1n) is 7.05. The highest BCUT2D eigenvalue weighted by Crippen LogP contribution is 2.22. The highest BCUT2D eigenvalue weighted by atomic mass is 16.5. The second-order valence-electron chi connectivity index (χ2n) is 6.40. The summed E-state index contributed by atoms with van der Waals surface area (Å²) < 4.78 is 5.97. The van der Waals surface area contributed by atoms with Crippen molar-refractivity contribution >= 4 is 0 Å². The summed E-state index contributed by atoms with van der Waals surface area (Å²) in [5.41, 5.74) is 9.71. The highest BCUT2D eigenvalue weighted by Gasteiger charge is 2.32. The van der Waals surface area contributed by atoms with Crippen LogP contribution in [0.2, 0.25) is 0 Å². The molecule has 1 saturated heterocycles. The maximum atomic E-state index is 5.97. The van der Waals surface area contributed by atoms with E-state index >= 15 is 0 Å². The van der Waals surface area contributed by atoms with Gasteiger partial charge in [0.05, 0.1) is 11.7 Å². The first-order valence-corrected chi connectivity index (χ1v) is 7.05. The van der Waals surface area contributed by atoms with Gasteiger partial charge in [-0.05, 0) is 33.3 Å². The molecule has 3 nitrogen and oxygen atoms in total. The molecule has 0 aromatic heterocycles. The molecule has 1 aromatic rings.